The standard InChI is InChI=1S/C15H14N2O5/c16-13(18)12-8-17(5-6-21-12)14(19)10-7-9-3-1-2-4-11(9)22-15(10)20/h1-4,7,12H,5-6,8H2,(H2,16,18). The molecule has 22 heavy (non-hydrogen) atoms. The highest BCUT2D eigenvalue weighted by atomic mass is 16.5. The van der Waals surface area contributed by atoms with E-state index in [1.54, 1.807) is 24.3 Å². The summed E-state index contributed by atoms with van der Waals surface area (Å²) in [6.07, 6.45) is -0.856. The lowest BCUT2D eigenvalue weighted by atomic mass is 10.1. The number of carbonyl (C=O) groups is 2. The van der Waals surface area contributed by atoms with Gasteiger partial charge in [-0.2, -0.15) is 0 Å². The van der Waals surface area contributed by atoms with E-state index in [0.717, 1.165) is 0 Å². The molecule has 1 aromatic heterocycles. The fourth-order valence-corrected chi connectivity index (χ4v) is 2.39. The maximum Gasteiger partial charge on any atom is 0.349 e. The summed E-state index contributed by atoms with van der Waals surface area (Å²) >= 11 is 0. The van der Waals surface area contributed by atoms with E-state index < -0.39 is 23.5 Å². The second kappa shape index (κ2) is 5.61. The minimum absolute atomic E-state index is 0.0282. The molecule has 1 aliphatic rings. The third-order valence-electron chi connectivity index (χ3n) is 3.54. The molecule has 1 saturated heterocycles. The van der Waals surface area contributed by atoms with E-state index in [0.29, 0.717) is 11.0 Å². The number of nitrogens with two attached hydrogens (primary N) is 1. The third-order valence-corrected chi connectivity index (χ3v) is 3.54. The molecular weight excluding hydrogens is 288 g/mol. The summed E-state index contributed by atoms with van der Waals surface area (Å²) in [5.41, 5.74) is 4.84. The smallest absolute Gasteiger partial charge is 0.349 e. The molecule has 1 aliphatic heterocycles. The Balaban J connectivity index is 1.93. The fraction of sp³-hybridized carbons (Fsp3) is 0.267. The molecule has 0 radical (unpaired) electrons. The van der Waals surface area contributed by atoms with Crippen molar-refractivity contribution in [2.75, 3.05) is 19.7 Å². The molecule has 7 nitrogen and oxygen atoms in total. The van der Waals surface area contributed by atoms with Gasteiger partial charge in [-0.25, -0.2) is 4.79 Å². The van der Waals surface area contributed by atoms with Crippen LogP contribution in [-0.2, 0) is 9.53 Å². The van der Waals surface area contributed by atoms with Crippen LogP contribution in [0, 0.1) is 0 Å². The van der Waals surface area contributed by atoms with E-state index >= 15 is 0 Å². The number of amides is 2. The van der Waals surface area contributed by atoms with Gasteiger partial charge in [-0.1, -0.05) is 18.2 Å². The lowest BCUT2D eigenvalue weighted by Crippen LogP contribution is -2.51. The van der Waals surface area contributed by atoms with E-state index in [1.807, 2.05) is 0 Å². The van der Waals surface area contributed by atoms with Crippen LogP contribution in [-0.4, -0.2) is 42.5 Å². The number of para-hydroxylation sites is 1. The summed E-state index contributed by atoms with van der Waals surface area (Å²) in [5.74, 6) is -1.13. The molecular formula is C15H14N2O5. The zero-order valence-corrected chi connectivity index (χ0v) is 11.7. The zero-order chi connectivity index (χ0) is 15.7. The van der Waals surface area contributed by atoms with Crippen molar-refractivity contribution in [3.63, 3.8) is 0 Å². The van der Waals surface area contributed by atoms with Crippen molar-refractivity contribution < 1.29 is 18.7 Å². The predicted octanol–water partition coefficient (Wildman–Crippen LogP) is 0.119. The van der Waals surface area contributed by atoms with Gasteiger partial charge in [0.25, 0.3) is 5.91 Å². The number of hydrogen-bond donors (Lipinski definition) is 1. The molecule has 1 unspecified atom stereocenters. The van der Waals surface area contributed by atoms with Crippen LogP contribution in [0.25, 0.3) is 11.0 Å². The molecule has 2 amide bonds. The van der Waals surface area contributed by atoms with Crippen LogP contribution in [0.3, 0.4) is 0 Å². The van der Waals surface area contributed by atoms with Crippen molar-refractivity contribution in [2.45, 2.75) is 6.10 Å². The van der Waals surface area contributed by atoms with Gasteiger partial charge in [0.2, 0.25) is 5.91 Å². The molecule has 2 heterocycles. The largest absolute Gasteiger partial charge is 0.422 e. The number of fused-ring (bicyclic) bond motifs is 1. The van der Waals surface area contributed by atoms with Crippen molar-refractivity contribution in [1.29, 1.82) is 0 Å². The number of ether oxygens (including phenoxy) is 1. The maximum absolute atomic E-state index is 12.5. The number of hydrogen-bond acceptors (Lipinski definition) is 5. The first-order chi connectivity index (χ1) is 10.6. The van der Waals surface area contributed by atoms with Gasteiger partial charge < -0.3 is 19.8 Å². The van der Waals surface area contributed by atoms with E-state index in [1.165, 1.54) is 11.0 Å². The van der Waals surface area contributed by atoms with Gasteiger partial charge in [-0.05, 0) is 12.1 Å². The summed E-state index contributed by atoms with van der Waals surface area (Å²) in [4.78, 5) is 37.0. The Kier molecular flexibility index (Phi) is 3.64. The normalized spacial score (nSPS) is 18.4. The minimum Gasteiger partial charge on any atom is -0.422 e. The van der Waals surface area contributed by atoms with Crippen LogP contribution >= 0.6 is 0 Å². The lowest BCUT2D eigenvalue weighted by Gasteiger charge is -2.31. The van der Waals surface area contributed by atoms with Gasteiger partial charge in [0.1, 0.15) is 11.1 Å². The van der Waals surface area contributed by atoms with Crippen LogP contribution in [0.4, 0.5) is 0 Å². The van der Waals surface area contributed by atoms with Crippen LogP contribution in [0.15, 0.2) is 39.5 Å². The van der Waals surface area contributed by atoms with Crippen molar-refractivity contribution >= 4 is 22.8 Å². The highest BCUT2D eigenvalue weighted by molar-refractivity contribution is 5.97. The Labute approximate surface area is 125 Å². The quantitative estimate of drug-likeness (QED) is 0.794. The average molecular weight is 302 g/mol. The summed E-state index contributed by atoms with van der Waals surface area (Å²) in [6.45, 7) is 0.508. The lowest BCUT2D eigenvalue weighted by molar-refractivity contribution is -0.133. The topological polar surface area (TPSA) is 103 Å². The van der Waals surface area contributed by atoms with Gasteiger partial charge in [0.05, 0.1) is 13.2 Å². The third kappa shape index (κ3) is 2.58. The molecule has 2 aromatic rings. The number of morpholine rings is 1. The monoisotopic (exact) mass is 302 g/mol. The van der Waals surface area contributed by atoms with Crippen molar-refractivity contribution in [3.8, 4) is 0 Å². The van der Waals surface area contributed by atoms with Crippen molar-refractivity contribution in [3.05, 3.63) is 46.3 Å². The van der Waals surface area contributed by atoms with Crippen LogP contribution in [0.5, 0.6) is 0 Å². The number of primary amides is 1. The molecule has 0 saturated carbocycles. The zero-order valence-electron chi connectivity index (χ0n) is 11.7. The molecule has 7 heteroatoms. The number of carbonyl (C=O) groups excluding carboxylic acids is 2. The van der Waals surface area contributed by atoms with E-state index in [-0.39, 0.29) is 25.3 Å². The Morgan fingerprint density at radius 1 is 1.27 bits per heavy atom. The summed E-state index contributed by atoms with van der Waals surface area (Å²) < 4.78 is 10.3. The first-order valence-corrected chi connectivity index (χ1v) is 6.79. The molecule has 1 fully saturated rings. The SMILES string of the molecule is NC(=O)C1CN(C(=O)c2cc3ccccc3oc2=O)CCO1. The molecule has 0 aliphatic carbocycles. The molecule has 0 bridgehead atoms. The summed E-state index contributed by atoms with van der Waals surface area (Å²) in [6, 6.07) is 8.43. The van der Waals surface area contributed by atoms with Crippen LogP contribution in [0.1, 0.15) is 10.4 Å². The highest BCUT2D eigenvalue weighted by Gasteiger charge is 2.29. The molecule has 114 valence electrons. The Morgan fingerprint density at radius 2 is 2.05 bits per heavy atom. The number of benzene rings is 1. The number of nitrogens with zero attached hydrogens (tertiary/aromatic N) is 1. The van der Waals surface area contributed by atoms with Crippen LogP contribution < -0.4 is 11.4 Å². The van der Waals surface area contributed by atoms with E-state index in [9.17, 15) is 14.4 Å². The van der Waals surface area contributed by atoms with Gasteiger partial charge in [-0.15, -0.1) is 0 Å². The Bertz CT molecular complexity index is 798. The van der Waals surface area contributed by atoms with Gasteiger partial charge >= 0.3 is 5.63 Å². The Hall–Kier alpha value is -2.67. The van der Waals surface area contributed by atoms with Crippen molar-refractivity contribution in [1.82, 2.24) is 4.90 Å². The minimum atomic E-state index is -0.856. The van der Waals surface area contributed by atoms with Crippen LogP contribution in [0.2, 0.25) is 0 Å². The Morgan fingerprint density at radius 3 is 2.82 bits per heavy atom. The first kappa shape index (κ1) is 14.3. The molecule has 0 spiro atoms. The highest BCUT2D eigenvalue weighted by Crippen LogP contribution is 2.15. The fourth-order valence-electron chi connectivity index (χ4n) is 2.39. The maximum atomic E-state index is 12.5. The van der Waals surface area contributed by atoms with E-state index in [2.05, 4.69) is 0 Å². The summed E-state index contributed by atoms with van der Waals surface area (Å²) in [5, 5.41) is 0.658. The predicted molar refractivity (Wildman–Crippen MR) is 77.3 cm³/mol. The van der Waals surface area contributed by atoms with Crippen molar-refractivity contribution in [2.24, 2.45) is 5.73 Å². The second-order valence-electron chi connectivity index (χ2n) is 5.00. The summed E-state index contributed by atoms with van der Waals surface area (Å²) in [7, 11) is 0. The average Bonchev–Trinajstić information content (AvgIpc) is 2.53. The van der Waals surface area contributed by atoms with Gasteiger partial charge in [-0.3, -0.25) is 9.59 Å². The first-order valence-electron chi connectivity index (χ1n) is 6.79. The molecule has 1 atom stereocenters. The molecule has 1 aromatic carbocycles. The van der Waals surface area contributed by atoms with E-state index in [4.69, 9.17) is 14.9 Å². The molecule has 3 rings (SSSR count). The molecule has 2 N–H and O–H groups in total. The number of rotatable bonds is 2. The second-order valence-corrected chi connectivity index (χ2v) is 5.00. The van der Waals surface area contributed by atoms with Gasteiger partial charge in [0, 0.05) is 11.9 Å². The van der Waals surface area contributed by atoms with Gasteiger partial charge in [0.15, 0.2) is 6.10 Å².